The van der Waals surface area contributed by atoms with Crippen molar-refractivity contribution in [2.75, 3.05) is 13.6 Å². The molecule has 0 bridgehead atoms. The fraction of sp³-hybridized carbons (Fsp3) is 0.667. The molecule has 0 aromatic rings. The van der Waals surface area contributed by atoms with E-state index in [9.17, 15) is 0 Å². The van der Waals surface area contributed by atoms with Crippen molar-refractivity contribution >= 4 is 0 Å². The van der Waals surface area contributed by atoms with Crippen LogP contribution in [0.3, 0.4) is 0 Å². The van der Waals surface area contributed by atoms with E-state index in [1.54, 1.807) is 0 Å². The number of hydrogen-bond acceptors (Lipinski definition) is 1. The van der Waals surface area contributed by atoms with Gasteiger partial charge in [-0.05, 0) is 13.3 Å². The van der Waals surface area contributed by atoms with Crippen molar-refractivity contribution in [2.24, 2.45) is 5.41 Å². The topological polar surface area (TPSA) is 3.24 Å². The van der Waals surface area contributed by atoms with Crippen LogP contribution in [0, 0.1) is 5.41 Å². The number of allylic oxidation sites excluding steroid dienone is 1. The lowest BCUT2D eigenvalue weighted by atomic mass is 9.85. The first-order chi connectivity index (χ1) is 5.81. The van der Waals surface area contributed by atoms with Gasteiger partial charge in [-0.2, -0.15) is 0 Å². The zero-order valence-electron chi connectivity index (χ0n) is 9.78. The lowest BCUT2D eigenvalue weighted by Crippen LogP contribution is -2.31. The average Bonchev–Trinajstić information content (AvgIpc) is 2.01. The maximum absolute atomic E-state index is 4.01. The van der Waals surface area contributed by atoms with Gasteiger partial charge in [0, 0.05) is 24.7 Å². The predicted molar refractivity (Wildman–Crippen MR) is 60.7 cm³/mol. The van der Waals surface area contributed by atoms with Crippen LogP contribution >= 0.6 is 0 Å². The Bertz CT molecular complexity index is 201. The number of hydrogen-bond donors (Lipinski definition) is 0. The minimum atomic E-state index is 0.173. The molecule has 0 rings (SSSR count). The third-order valence-electron chi connectivity index (χ3n) is 2.74. The molecule has 76 valence electrons. The van der Waals surface area contributed by atoms with Crippen molar-refractivity contribution in [3.8, 4) is 0 Å². The first kappa shape index (κ1) is 12.3. The van der Waals surface area contributed by atoms with E-state index >= 15 is 0 Å². The van der Waals surface area contributed by atoms with Crippen molar-refractivity contribution in [1.82, 2.24) is 4.90 Å². The van der Waals surface area contributed by atoms with E-state index in [4.69, 9.17) is 0 Å². The molecule has 0 amide bonds. The van der Waals surface area contributed by atoms with Gasteiger partial charge >= 0.3 is 0 Å². The van der Waals surface area contributed by atoms with Gasteiger partial charge in [0.05, 0.1) is 0 Å². The first-order valence-electron chi connectivity index (χ1n) is 4.86. The van der Waals surface area contributed by atoms with Crippen LogP contribution in [0.15, 0.2) is 24.4 Å². The van der Waals surface area contributed by atoms with Gasteiger partial charge in [0.1, 0.15) is 0 Å². The van der Waals surface area contributed by atoms with Gasteiger partial charge < -0.3 is 4.90 Å². The molecule has 0 saturated carbocycles. The van der Waals surface area contributed by atoms with Crippen molar-refractivity contribution in [3.63, 3.8) is 0 Å². The highest BCUT2D eigenvalue weighted by molar-refractivity contribution is 5.06. The maximum Gasteiger partial charge on any atom is 0.0259 e. The molecule has 1 nitrogen and oxygen atoms in total. The van der Waals surface area contributed by atoms with Gasteiger partial charge in [-0.25, -0.2) is 0 Å². The quantitative estimate of drug-likeness (QED) is 0.587. The van der Waals surface area contributed by atoms with E-state index in [2.05, 4.69) is 52.8 Å². The van der Waals surface area contributed by atoms with Crippen LogP contribution in [0.5, 0.6) is 0 Å². The number of nitrogens with zero attached hydrogens (tertiary/aromatic N) is 1. The summed E-state index contributed by atoms with van der Waals surface area (Å²) in [5, 5.41) is 0. The highest BCUT2D eigenvalue weighted by Crippen LogP contribution is 2.26. The Kier molecular flexibility index (Phi) is 4.25. The highest BCUT2D eigenvalue weighted by atomic mass is 15.1. The van der Waals surface area contributed by atoms with Crippen molar-refractivity contribution in [1.29, 1.82) is 0 Å². The van der Waals surface area contributed by atoms with Crippen molar-refractivity contribution < 1.29 is 0 Å². The Morgan fingerprint density at radius 3 is 2.08 bits per heavy atom. The molecule has 0 saturated heterocycles. The highest BCUT2D eigenvalue weighted by Gasteiger charge is 2.20. The molecule has 0 aliphatic heterocycles. The number of rotatable bonds is 5. The monoisotopic (exact) mass is 181 g/mol. The zero-order chi connectivity index (χ0) is 10.6. The smallest absolute Gasteiger partial charge is 0.0259 e. The van der Waals surface area contributed by atoms with Crippen LogP contribution < -0.4 is 0 Å². The molecular formula is C12H23N. The summed E-state index contributed by atoms with van der Waals surface area (Å²) in [7, 11) is 2.09. The molecule has 0 aliphatic carbocycles. The molecular weight excluding hydrogens is 158 g/mol. The predicted octanol–water partition coefficient (Wildman–Crippen LogP) is 3.44. The van der Waals surface area contributed by atoms with Gasteiger partial charge in [-0.1, -0.05) is 39.5 Å². The van der Waals surface area contributed by atoms with Gasteiger partial charge in [0.25, 0.3) is 0 Å². The largest absolute Gasteiger partial charge is 0.378 e. The Morgan fingerprint density at radius 1 is 1.31 bits per heavy atom. The minimum Gasteiger partial charge on any atom is -0.378 e. The summed E-state index contributed by atoms with van der Waals surface area (Å²) >= 11 is 0. The summed E-state index contributed by atoms with van der Waals surface area (Å²) in [6.45, 7) is 17.7. The molecule has 0 spiro atoms. The van der Waals surface area contributed by atoms with Gasteiger partial charge in [-0.15, -0.1) is 0 Å². The molecule has 0 fully saturated rings. The Labute approximate surface area is 83.1 Å². The molecule has 1 heteroatoms. The van der Waals surface area contributed by atoms with Crippen LogP contribution in [-0.2, 0) is 0 Å². The SMILES string of the molecule is C=C(CC)N(C)CC(C)(C)C(=C)C. The summed E-state index contributed by atoms with van der Waals surface area (Å²) in [6, 6.07) is 0. The Morgan fingerprint density at radius 2 is 1.77 bits per heavy atom. The lowest BCUT2D eigenvalue weighted by Gasteiger charge is -2.32. The van der Waals surface area contributed by atoms with Gasteiger partial charge in [-0.3, -0.25) is 0 Å². The summed E-state index contributed by atoms with van der Waals surface area (Å²) in [5.74, 6) is 0. The second-order valence-electron chi connectivity index (χ2n) is 4.44. The normalized spacial score (nSPS) is 11.2. The van der Waals surface area contributed by atoms with E-state index < -0.39 is 0 Å². The fourth-order valence-corrected chi connectivity index (χ4v) is 1.11. The third kappa shape index (κ3) is 3.67. The van der Waals surface area contributed by atoms with Gasteiger partial charge in [0.15, 0.2) is 0 Å². The van der Waals surface area contributed by atoms with E-state index in [0.717, 1.165) is 13.0 Å². The van der Waals surface area contributed by atoms with Crippen LogP contribution in [0.1, 0.15) is 34.1 Å². The average molecular weight is 181 g/mol. The lowest BCUT2D eigenvalue weighted by molar-refractivity contribution is 0.282. The van der Waals surface area contributed by atoms with E-state index in [1.165, 1.54) is 11.3 Å². The maximum atomic E-state index is 4.01. The van der Waals surface area contributed by atoms with Crippen LogP contribution in [0.4, 0.5) is 0 Å². The summed E-state index contributed by atoms with van der Waals surface area (Å²) < 4.78 is 0. The third-order valence-corrected chi connectivity index (χ3v) is 2.74. The van der Waals surface area contributed by atoms with E-state index in [1.807, 2.05) is 0 Å². The first-order valence-corrected chi connectivity index (χ1v) is 4.86. The zero-order valence-corrected chi connectivity index (χ0v) is 9.78. The molecule has 0 unspecified atom stereocenters. The Balaban J connectivity index is 4.27. The second-order valence-corrected chi connectivity index (χ2v) is 4.44. The van der Waals surface area contributed by atoms with Crippen LogP contribution in [0.2, 0.25) is 0 Å². The van der Waals surface area contributed by atoms with Crippen LogP contribution in [0.25, 0.3) is 0 Å². The molecule has 0 aromatic carbocycles. The molecule has 13 heavy (non-hydrogen) atoms. The molecule has 0 heterocycles. The fourth-order valence-electron chi connectivity index (χ4n) is 1.11. The summed E-state index contributed by atoms with van der Waals surface area (Å²) in [6.07, 6.45) is 1.02. The summed E-state index contributed by atoms with van der Waals surface area (Å²) in [4.78, 5) is 2.22. The molecule has 0 aromatic heterocycles. The second kappa shape index (κ2) is 4.50. The molecule has 0 N–H and O–H groups in total. The van der Waals surface area contributed by atoms with Crippen LogP contribution in [-0.4, -0.2) is 18.5 Å². The standard InChI is InChI=1S/C12H23N/c1-8-11(4)13(7)9-12(5,6)10(2)3/h2,4,8-9H2,1,3,5-7H3. The van der Waals surface area contributed by atoms with E-state index in [0.29, 0.717) is 0 Å². The molecule has 0 radical (unpaired) electrons. The Hall–Kier alpha value is -0.720. The van der Waals surface area contributed by atoms with Crippen molar-refractivity contribution in [3.05, 3.63) is 24.4 Å². The summed E-state index contributed by atoms with van der Waals surface area (Å²) in [5.41, 5.74) is 2.59. The minimum absolute atomic E-state index is 0.173. The molecule has 0 aliphatic rings. The van der Waals surface area contributed by atoms with Crippen molar-refractivity contribution in [2.45, 2.75) is 34.1 Å². The molecule has 0 atom stereocenters. The van der Waals surface area contributed by atoms with Gasteiger partial charge in [0.2, 0.25) is 0 Å². The van der Waals surface area contributed by atoms with E-state index in [-0.39, 0.29) is 5.41 Å².